The molecular formula is C40H74O4. The molecule has 0 spiro atoms. The largest absolute Gasteiger partial charge is 0.481 e. The molecule has 0 fully saturated rings. The van der Waals surface area contributed by atoms with Crippen LogP contribution in [-0.2, 0) is 14.3 Å². The van der Waals surface area contributed by atoms with Gasteiger partial charge in [0.05, 0.1) is 6.42 Å². The highest BCUT2D eigenvalue weighted by Gasteiger charge is 2.17. The SMILES string of the molecule is CCCCC/C=C\C/C=C\CCCCCCCCCCCC(=O)OC(CCCCCCCCCCCCCCC)CC(=O)O. The van der Waals surface area contributed by atoms with Gasteiger partial charge in [0.25, 0.3) is 0 Å². The van der Waals surface area contributed by atoms with Gasteiger partial charge in [0.2, 0.25) is 0 Å². The fourth-order valence-corrected chi connectivity index (χ4v) is 5.82. The molecule has 0 rings (SSSR count). The molecule has 258 valence electrons. The third-order valence-electron chi connectivity index (χ3n) is 8.66. The van der Waals surface area contributed by atoms with Gasteiger partial charge < -0.3 is 9.84 Å². The molecule has 0 radical (unpaired) electrons. The topological polar surface area (TPSA) is 63.6 Å². The fraction of sp³-hybridized carbons (Fsp3) is 0.850. The second kappa shape index (κ2) is 35.9. The first-order valence-corrected chi connectivity index (χ1v) is 19.3. The Bertz CT molecular complexity index is 668. The Balaban J connectivity index is 3.63. The Morgan fingerprint density at radius 1 is 0.523 bits per heavy atom. The maximum Gasteiger partial charge on any atom is 0.307 e. The van der Waals surface area contributed by atoms with E-state index in [9.17, 15) is 14.7 Å². The summed E-state index contributed by atoms with van der Waals surface area (Å²) in [5.74, 6) is -1.10. The van der Waals surface area contributed by atoms with Gasteiger partial charge in [0, 0.05) is 6.42 Å². The smallest absolute Gasteiger partial charge is 0.307 e. The Hall–Kier alpha value is -1.58. The third-order valence-corrected chi connectivity index (χ3v) is 8.66. The number of carbonyl (C=O) groups excluding carboxylic acids is 1. The van der Waals surface area contributed by atoms with E-state index >= 15 is 0 Å². The van der Waals surface area contributed by atoms with Crippen molar-refractivity contribution in [3.8, 4) is 0 Å². The van der Waals surface area contributed by atoms with E-state index in [1.165, 1.54) is 148 Å². The molecule has 1 N–H and O–H groups in total. The molecule has 0 aliphatic rings. The molecule has 0 aliphatic carbocycles. The summed E-state index contributed by atoms with van der Waals surface area (Å²) in [6.07, 6.45) is 44.8. The zero-order valence-electron chi connectivity index (χ0n) is 29.5. The lowest BCUT2D eigenvalue weighted by atomic mass is 10.0. The summed E-state index contributed by atoms with van der Waals surface area (Å²) < 4.78 is 5.58. The van der Waals surface area contributed by atoms with Crippen LogP contribution in [0.15, 0.2) is 24.3 Å². The average Bonchev–Trinajstić information content (AvgIpc) is 3.00. The van der Waals surface area contributed by atoms with Gasteiger partial charge in [0.15, 0.2) is 0 Å². The van der Waals surface area contributed by atoms with E-state index < -0.39 is 12.1 Å². The molecule has 0 aromatic rings. The molecule has 44 heavy (non-hydrogen) atoms. The monoisotopic (exact) mass is 619 g/mol. The minimum absolute atomic E-state index is 0.0726. The van der Waals surface area contributed by atoms with Crippen LogP contribution >= 0.6 is 0 Å². The van der Waals surface area contributed by atoms with Gasteiger partial charge in [-0.3, -0.25) is 9.59 Å². The lowest BCUT2D eigenvalue weighted by molar-refractivity contribution is -0.153. The number of carboxylic acids is 1. The lowest BCUT2D eigenvalue weighted by Crippen LogP contribution is -2.21. The van der Waals surface area contributed by atoms with Crippen molar-refractivity contribution in [2.24, 2.45) is 0 Å². The van der Waals surface area contributed by atoms with E-state index in [4.69, 9.17) is 4.74 Å². The number of aliphatic carboxylic acids is 1. The van der Waals surface area contributed by atoms with Crippen LogP contribution in [0.2, 0.25) is 0 Å². The maximum absolute atomic E-state index is 12.3. The summed E-state index contributed by atoms with van der Waals surface area (Å²) in [7, 11) is 0. The zero-order valence-corrected chi connectivity index (χ0v) is 29.5. The summed E-state index contributed by atoms with van der Waals surface area (Å²) >= 11 is 0. The van der Waals surface area contributed by atoms with Crippen LogP contribution in [-0.4, -0.2) is 23.1 Å². The van der Waals surface area contributed by atoms with Crippen molar-refractivity contribution >= 4 is 11.9 Å². The van der Waals surface area contributed by atoms with Crippen molar-refractivity contribution < 1.29 is 19.4 Å². The normalized spacial score (nSPS) is 12.4. The van der Waals surface area contributed by atoms with Gasteiger partial charge in [-0.2, -0.15) is 0 Å². The number of esters is 1. The van der Waals surface area contributed by atoms with Crippen LogP contribution in [0.3, 0.4) is 0 Å². The predicted octanol–water partition coefficient (Wildman–Crippen LogP) is 13.2. The number of hydrogen-bond donors (Lipinski definition) is 1. The summed E-state index contributed by atoms with van der Waals surface area (Å²) in [6.45, 7) is 4.51. The minimum Gasteiger partial charge on any atom is -0.481 e. The van der Waals surface area contributed by atoms with Crippen molar-refractivity contribution in [2.75, 3.05) is 0 Å². The number of rotatable bonds is 35. The summed E-state index contributed by atoms with van der Waals surface area (Å²) in [5.41, 5.74) is 0. The highest BCUT2D eigenvalue weighted by atomic mass is 16.5. The number of unbranched alkanes of at least 4 members (excludes halogenated alkanes) is 24. The molecule has 0 aromatic heterocycles. The van der Waals surface area contributed by atoms with Gasteiger partial charge in [-0.25, -0.2) is 0 Å². The quantitative estimate of drug-likeness (QED) is 0.0436. The van der Waals surface area contributed by atoms with Gasteiger partial charge in [0.1, 0.15) is 6.10 Å². The van der Waals surface area contributed by atoms with Crippen molar-refractivity contribution in [3.63, 3.8) is 0 Å². The van der Waals surface area contributed by atoms with E-state index in [0.29, 0.717) is 12.8 Å². The number of carboxylic acid groups (broad SMARTS) is 1. The van der Waals surface area contributed by atoms with Crippen molar-refractivity contribution in [1.29, 1.82) is 0 Å². The number of allylic oxidation sites excluding steroid dienone is 4. The average molecular weight is 619 g/mol. The number of carbonyl (C=O) groups is 2. The van der Waals surface area contributed by atoms with E-state index in [-0.39, 0.29) is 12.4 Å². The number of hydrogen-bond acceptors (Lipinski definition) is 3. The molecule has 1 atom stereocenters. The van der Waals surface area contributed by atoms with Gasteiger partial charge in [-0.1, -0.05) is 173 Å². The van der Waals surface area contributed by atoms with E-state index in [1.807, 2.05) is 0 Å². The van der Waals surface area contributed by atoms with Crippen LogP contribution < -0.4 is 0 Å². The first kappa shape index (κ1) is 42.4. The summed E-state index contributed by atoms with van der Waals surface area (Å²) in [4.78, 5) is 23.6. The molecule has 0 saturated carbocycles. The molecular weight excluding hydrogens is 544 g/mol. The Labute approximate surface area is 274 Å². The predicted molar refractivity (Wildman–Crippen MR) is 190 cm³/mol. The van der Waals surface area contributed by atoms with Gasteiger partial charge in [-0.05, 0) is 51.4 Å². The third kappa shape index (κ3) is 34.9. The molecule has 0 aromatic carbocycles. The van der Waals surface area contributed by atoms with Crippen LogP contribution in [0.4, 0.5) is 0 Å². The fourth-order valence-electron chi connectivity index (χ4n) is 5.82. The first-order valence-electron chi connectivity index (χ1n) is 19.3. The second-order valence-corrected chi connectivity index (χ2v) is 13.1. The molecule has 0 saturated heterocycles. The van der Waals surface area contributed by atoms with Crippen LogP contribution in [0.1, 0.15) is 213 Å². The van der Waals surface area contributed by atoms with Crippen LogP contribution in [0.25, 0.3) is 0 Å². The van der Waals surface area contributed by atoms with Crippen molar-refractivity contribution in [1.82, 2.24) is 0 Å². The second-order valence-electron chi connectivity index (χ2n) is 13.1. The molecule has 1 unspecified atom stereocenters. The molecule has 0 aliphatic heterocycles. The van der Waals surface area contributed by atoms with Gasteiger partial charge in [-0.15, -0.1) is 0 Å². The Morgan fingerprint density at radius 2 is 0.909 bits per heavy atom. The van der Waals surface area contributed by atoms with Crippen LogP contribution in [0.5, 0.6) is 0 Å². The first-order chi connectivity index (χ1) is 21.6. The van der Waals surface area contributed by atoms with E-state index in [0.717, 1.165) is 32.1 Å². The molecule has 4 heteroatoms. The zero-order chi connectivity index (χ0) is 32.2. The number of ether oxygens (including phenoxy) is 1. The minimum atomic E-state index is -0.880. The van der Waals surface area contributed by atoms with Crippen molar-refractivity contribution in [2.45, 2.75) is 219 Å². The Kier molecular flexibility index (Phi) is 34.6. The molecule has 4 nitrogen and oxygen atoms in total. The molecule has 0 heterocycles. The lowest BCUT2D eigenvalue weighted by Gasteiger charge is -2.16. The van der Waals surface area contributed by atoms with E-state index in [2.05, 4.69) is 38.2 Å². The van der Waals surface area contributed by atoms with Crippen LogP contribution in [0, 0.1) is 0 Å². The standard InChI is InChI=1S/C40H74O4/c1-3-5-7-9-11-13-15-17-18-19-20-21-22-24-26-28-30-32-34-36-40(43)44-38(37-39(41)42)35-33-31-29-27-25-23-16-14-12-10-8-6-4-2/h11,13,17-18,38H,3-10,12,14-16,19-37H2,1-2H3,(H,41,42)/b13-11-,18-17-. The highest BCUT2D eigenvalue weighted by molar-refractivity contribution is 5.71. The van der Waals surface area contributed by atoms with Crippen molar-refractivity contribution in [3.05, 3.63) is 24.3 Å². The summed E-state index contributed by atoms with van der Waals surface area (Å²) in [6, 6.07) is 0. The van der Waals surface area contributed by atoms with Gasteiger partial charge >= 0.3 is 11.9 Å². The maximum atomic E-state index is 12.3. The summed E-state index contributed by atoms with van der Waals surface area (Å²) in [5, 5.41) is 9.25. The molecule has 0 bridgehead atoms. The Morgan fingerprint density at radius 3 is 1.39 bits per heavy atom. The van der Waals surface area contributed by atoms with E-state index in [1.54, 1.807) is 0 Å². The highest BCUT2D eigenvalue weighted by Crippen LogP contribution is 2.17. The molecule has 0 amide bonds.